The van der Waals surface area contributed by atoms with Gasteiger partial charge in [0, 0.05) is 19.6 Å². The van der Waals surface area contributed by atoms with E-state index in [-0.39, 0.29) is 16.9 Å². The molecule has 0 spiro atoms. The predicted octanol–water partition coefficient (Wildman–Crippen LogP) is 3.80. The number of rotatable bonds is 1. The van der Waals surface area contributed by atoms with E-state index in [1.807, 2.05) is 23.1 Å². The SMILES string of the molecule is CN1CCN(C(=O)c2ccc(C(C)(C)C)cc2Cl)C(C)(C)C1. The number of carbonyl (C=O) groups is 1. The first-order valence-corrected chi connectivity index (χ1v) is 8.21. The van der Waals surface area contributed by atoms with Crippen molar-refractivity contribution in [2.45, 2.75) is 45.6 Å². The molecule has 3 nitrogen and oxygen atoms in total. The van der Waals surface area contributed by atoms with Gasteiger partial charge in [0.1, 0.15) is 0 Å². The van der Waals surface area contributed by atoms with E-state index >= 15 is 0 Å². The van der Waals surface area contributed by atoms with E-state index in [9.17, 15) is 4.79 Å². The number of hydrogen-bond acceptors (Lipinski definition) is 2. The molecule has 1 saturated heterocycles. The third-order valence-corrected chi connectivity index (χ3v) is 4.72. The van der Waals surface area contributed by atoms with E-state index in [0.717, 1.165) is 25.2 Å². The molecule has 1 aromatic carbocycles. The summed E-state index contributed by atoms with van der Waals surface area (Å²) in [5, 5.41) is 0.548. The monoisotopic (exact) mass is 322 g/mol. The number of hydrogen-bond donors (Lipinski definition) is 0. The second kappa shape index (κ2) is 5.86. The first kappa shape index (κ1) is 17.3. The van der Waals surface area contributed by atoms with Crippen molar-refractivity contribution in [3.05, 3.63) is 34.3 Å². The van der Waals surface area contributed by atoms with Crippen molar-refractivity contribution in [2.24, 2.45) is 0 Å². The Morgan fingerprint density at radius 1 is 1.23 bits per heavy atom. The van der Waals surface area contributed by atoms with Gasteiger partial charge >= 0.3 is 0 Å². The number of benzene rings is 1. The van der Waals surface area contributed by atoms with E-state index in [2.05, 4.69) is 46.6 Å². The summed E-state index contributed by atoms with van der Waals surface area (Å²) in [6.07, 6.45) is 0. The summed E-state index contributed by atoms with van der Waals surface area (Å²) in [5.74, 6) is 0.0311. The van der Waals surface area contributed by atoms with Crippen LogP contribution in [0.4, 0.5) is 0 Å². The van der Waals surface area contributed by atoms with Crippen molar-refractivity contribution in [2.75, 3.05) is 26.7 Å². The molecule has 0 aliphatic carbocycles. The van der Waals surface area contributed by atoms with Gasteiger partial charge in [-0.15, -0.1) is 0 Å². The van der Waals surface area contributed by atoms with Gasteiger partial charge in [-0.1, -0.05) is 38.4 Å². The largest absolute Gasteiger partial charge is 0.331 e. The zero-order chi connectivity index (χ0) is 16.7. The second-order valence-corrected chi connectivity index (χ2v) is 8.36. The average Bonchev–Trinajstić information content (AvgIpc) is 2.35. The van der Waals surface area contributed by atoms with Crippen LogP contribution in [0.15, 0.2) is 18.2 Å². The van der Waals surface area contributed by atoms with Gasteiger partial charge in [-0.2, -0.15) is 0 Å². The molecular weight excluding hydrogens is 296 g/mol. The van der Waals surface area contributed by atoms with Gasteiger partial charge in [0.2, 0.25) is 0 Å². The van der Waals surface area contributed by atoms with Crippen LogP contribution in [0.3, 0.4) is 0 Å². The highest BCUT2D eigenvalue weighted by Crippen LogP contribution is 2.30. The van der Waals surface area contributed by atoms with Crippen LogP contribution in [0.2, 0.25) is 5.02 Å². The van der Waals surface area contributed by atoms with Gasteiger partial charge in [-0.05, 0) is 44.0 Å². The molecular formula is C18H27ClN2O. The molecule has 1 aromatic rings. The van der Waals surface area contributed by atoms with Gasteiger partial charge < -0.3 is 9.80 Å². The molecule has 22 heavy (non-hydrogen) atoms. The molecule has 0 bridgehead atoms. The summed E-state index contributed by atoms with van der Waals surface area (Å²) in [5.41, 5.74) is 1.59. The number of halogens is 1. The minimum absolute atomic E-state index is 0.0261. The Morgan fingerprint density at radius 2 is 1.86 bits per heavy atom. The van der Waals surface area contributed by atoms with Crippen LogP contribution in [0.5, 0.6) is 0 Å². The summed E-state index contributed by atoms with van der Waals surface area (Å²) in [6.45, 7) is 13.1. The third kappa shape index (κ3) is 3.47. The smallest absolute Gasteiger partial charge is 0.255 e. The van der Waals surface area contributed by atoms with Crippen molar-refractivity contribution in [3.63, 3.8) is 0 Å². The molecule has 122 valence electrons. The van der Waals surface area contributed by atoms with Crippen LogP contribution >= 0.6 is 11.6 Å². The summed E-state index contributed by atoms with van der Waals surface area (Å²) < 4.78 is 0. The molecule has 4 heteroatoms. The van der Waals surface area contributed by atoms with Crippen LogP contribution in [0.1, 0.15) is 50.5 Å². The lowest BCUT2D eigenvalue weighted by Crippen LogP contribution is -2.60. The van der Waals surface area contributed by atoms with Crippen LogP contribution in [0, 0.1) is 0 Å². The molecule has 0 aromatic heterocycles. The van der Waals surface area contributed by atoms with E-state index < -0.39 is 0 Å². The third-order valence-electron chi connectivity index (χ3n) is 4.40. The maximum absolute atomic E-state index is 12.9. The highest BCUT2D eigenvalue weighted by molar-refractivity contribution is 6.33. The average molecular weight is 323 g/mol. The number of nitrogens with zero attached hydrogens (tertiary/aromatic N) is 2. The molecule has 1 aliphatic heterocycles. The lowest BCUT2D eigenvalue weighted by Gasteiger charge is -2.46. The van der Waals surface area contributed by atoms with Crippen LogP contribution in [0.25, 0.3) is 0 Å². The Bertz CT molecular complexity index is 575. The van der Waals surface area contributed by atoms with Crippen molar-refractivity contribution in [3.8, 4) is 0 Å². The maximum Gasteiger partial charge on any atom is 0.255 e. The van der Waals surface area contributed by atoms with Crippen LogP contribution < -0.4 is 0 Å². The van der Waals surface area contributed by atoms with Crippen molar-refractivity contribution < 1.29 is 4.79 Å². The van der Waals surface area contributed by atoms with Crippen molar-refractivity contribution in [1.82, 2.24) is 9.80 Å². The molecule has 0 atom stereocenters. The Balaban J connectivity index is 2.30. The molecule has 1 amide bonds. The summed E-state index contributed by atoms with van der Waals surface area (Å²) in [4.78, 5) is 17.1. The van der Waals surface area contributed by atoms with E-state index in [4.69, 9.17) is 11.6 Å². The fraction of sp³-hybridized carbons (Fsp3) is 0.611. The van der Waals surface area contributed by atoms with Crippen LogP contribution in [-0.4, -0.2) is 47.9 Å². The molecule has 1 heterocycles. The fourth-order valence-corrected chi connectivity index (χ4v) is 3.34. The standard InChI is InChI=1S/C18H27ClN2O/c1-17(2,3)13-7-8-14(15(19)11-13)16(22)21-10-9-20(6)12-18(21,4)5/h7-8,11H,9-10,12H2,1-6H3. The van der Waals surface area contributed by atoms with Crippen molar-refractivity contribution >= 4 is 17.5 Å². The zero-order valence-corrected chi connectivity index (χ0v) is 15.3. The highest BCUT2D eigenvalue weighted by Gasteiger charge is 2.36. The summed E-state index contributed by atoms with van der Waals surface area (Å²) in [6, 6.07) is 5.82. The van der Waals surface area contributed by atoms with Crippen LogP contribution in [-0.2, 0) is 5.41 Å². The van der Waals surface area contributed by atoms with E-state index in [1.54, 1.807) is 0 Å². The lowest BCUT2D eigenvalue weighted by molar-refractivity contribution is 0.0248. The quantitative estimate of drug-likeness (QED) is 0.785. The van der Waals surface area contributed by atoms with Gasteiger partial charge in [-0.25, -0.2) is 0 Å². The molecule has 1 aliphatic rings. The maximum atomic E-state index is 12.9. The molecule has 0 radical (unpaired) electrons. The number of carbonyl (C=O) groups excluding carboxylic acids is 1. The minimum Gasteiger partial charge on any atom is -0.331 e. The Labute approximate surface area is 139 Å². The van der Waals surface area contributed by atoms with E-state index in [1.165, 1.54) is 0 Å². The Kier molecular flexibility index (Phi) is 4.61. The first-order valence-electron chi connectivity index (χ1n) is 7.83. The van der Waals surface area contributed by atoms with Crippen molar-refractivity contribution in [1.29, 1.82) is 0 Å². The number of piperazine rings is 1. The summed E-state index contributed by atoms with van der Waals surface area (Å²) in [7, 11) is 2.09. The minimum atomic E-state index is -0.184. The van der Waals surface area contributed by atoms with Gasteiger partial charge in [-0.3, -0.25) is 4.79 Å². The van der Waals surface area contributed by atoms with Gasteiger partial charge in [0.25, 0.3) is 5.91 Å². The molecule has 0 saturated carbocycles. The molecule has 0 unspecified atom stereocenters. The second-order valence-electron chi connectivity index (χ2n) is 7.95. The fourth-order valence-electron chi connectivity index (χ4n) is 3.08. The molecule has 0 N–H and O–H groups in total. The first-order chi connectivity index (χ1) is 10.0. The number of amides is 1. The van der Waals surface area contributed by atoms with E-state index in [0.29, 0.717) is 10.6 Å². The molecule has 1 fully saturated rings. The zero-order valence-electron chi connectivity index (χ0n) is 14.5. The Hall–Kier alpha value is -1.06. The van der Waals surface area contributed by atoms with Gasteiger partial charge in [0.05, 0.1) is 16.1 Å². The molecule has 2 rings (SSSR count). The number of likely N-dealkylation sites (N-methyl/N-ethyl adjacent to an activating group) is 1. The summed E-state index contributed by atoms with van der Waals surface area (Å²) >= 11 is 6.41. The lowest BCUT2D eigenvalue weighted by atomic mass is 9.86. The topological polar surface area (TPSA) is 23.6 Å². The predicted molar refractivity (Wildman–Crippen MR) is 92.8 cm³/mol. The highest BCUT2D eigenvalue weighted by atomic mass is 35.5. The Morgan fingerprint density at radius 3 is 2.36 bits per heavy atom. The van der Waals surface area contributed by atoms with Gasteiger partial charge in [0.15, 0.2) is 0 Å². The normalized spacial score (nSPS) is 19.3.